The lowest BCUT2D eigenvalue weighted by Crippen LogP contribution is -2.50. The van der Waals surface area contributed by atoms with Crippen LogP contribution in [-0.4, -0.2) is 81.0 Å². The van der Waals surface area contributed by atoms with E-state index < -0.39 is 42.5 Å². The molecule has 3 heterocycles. The van der Waals surface area contributed by atoms with Gasteiger partial charge in [-0.15, -0.1) is 0 Å². The number of aromatic amines is 1. The van der Waals surface area contributed by atoms with Crippen LogP contribution in [0.4, 0.5) is 4.79 Å². The Bertz CT molecular complexity index is 1760. The summed E-state index contributed by atoms with van der Waals surface area (Å²) in [5.41, 5.74) is 5.05. The van der Waals surface area contributed by atoms with Crippen LogP contribution in [0.1, 0.15) is 50.0 Å². The highest BCUT2D eigenvalue weighted by Crippen LogP contribution is 2.44. The summed E-state index contributed by atoms with van der Waals surface area (Å²) in [6.07, 6.45) is -0.560. The predicted octanol–water partition coefficient (Wildman–Crippen LogP) is 3.66. The van der Waals surface area contributed by atoms with Gasteiger partial charge in [0.15, 0.2) is 23.5 Å². The summed E-state index contributed by atoms with van der Waals surface area (Å²) in [5, 5.41) is 8.77. The number of imidazole rings is 1. The van der Waals surface area contributed by atoms with Crippen molar-refractivity contribution in [2.45, 2.75) is 57.1 Å². The molecule has 1 aliphatic heterocycles. The minimum Gasteiger partial charge on any atom is -0.466 e. The van der Waals surface area contributed by atoms with E-state index in [1.54, 1.807) is 14.0 Å². The van der Waals surface area contributed by atoms with Crippen molar-refractivity contribution in [1.82, 2.24) is 24.4 Å². The van der Waals surface area contributed by atoms with Crippen molar-refractivity contribution in [1.29, 1.82) is 5.41 Å². The van der Waals surface area contributed by atoms with Gasteiger partial charge >= 0.3 is 18.0 Å². The van der Waals surface area contributed by atoms with Gasteiger partial charge in [-0.2, -0.15) is 0 Å². The molecule has 1 fully saturated rings. The number of H-pyrrole nitrogens is 1. The van der Waals surface area contributed by atoms with E-state index >= 15 is 0 Å². The number of aromatic nitrogens is 4. The Kier molecular flexibility index (Phi) is 8.35. The number of likely N-dealkylation sites (N-methyl/N-ethyl adjacent to an activating group) is 1. The molecule has 2 aliphatic rings. The van der Waals surface area contributed by atoms with E-state index in [1.165, 1.54) is 29.0 Å². The van der Waals surface area contributed by atoms with Gasteiger partial charge in [0, 0.05) is 26.3 Å². The standard InChI is InChI=1S/C32H34N6O7/c1-4-42-25(40)14-13-24-27(28(44-18(2)39)31(45-24)38-17-36-30-26(29(38)33)34-16-35-30)37(3)32(41)43-15-23-21-11-7-5-9-19(21)20-10-6-8-12-22(20)23/h5-12,16-17,23-24,27-28,31,33H,4,13-15H2,1-3H3,(H,34,35)/t24-,27-,28-,31-/m1/s1. The monoisotopic (exact) mass is 614 g/mol. The van der Waals surface area contributed by atoms with Crippen LogP contribution in [0.2, 0.25) is 0 Å². The second-order valence-corrected chi connectivity index (χ2v) is 11.0. The molecule has 13 heteroatoms. The molecule has 0 bridgehead atoms. The summed E-state index contributed by atoms with van der Waals surface area (Å²) in [6, 6.07) is 15.2. The molecule has 1 saturated heterocycles. The average Bonchev–Trinajstić information content (AvgIpc) is 3.73. The van der Waals surface area contributed by atoms with Crippen molar-refractivity contribution in [2.75, 3.05) is 20.3 Å². The highest BCUT2D eigenvalue weighted by Gasteiger charge is 2.51. The average molecular weight is 615 g/mol. The maximum Gasteiger partial charge on any atom is 0.410 e. The van der Waals surface area contributed by atoms with E-state index in [1.807, 2.05) is 36.4 Å². The molecule has 1 aliphatic carbocycles. The van der Waals surface area contributed by atoms with Gasteiger partial charge in [-0.25, -0.2) is 14.8 Å². The third kappa shape index (κ3) is 5.66. The van der Waals surface area contributed by atoms with Crippen LogP contribution < -0.4 is 5.49 Å². The Morgan fingerprint density at radius 1 is 1.04 bits per heavy atom. The minimum absolute atomic E-state index is 0.00325. The maximum absolute atomic E-state index is 13.7. The molecule has 2 N–H and O–H groups in total. The van der Waals surface area contributed by atoms with Crippen LogP contribution in [0.5, 0.6) is 0 Å². The number of hydrogen-bond donors (Lipinski definition) is 2. The Hall–Kier alpha value is -5.04. The molecule has 0 radical (unpaired) electrons. The smallest absolute Gasteiger partial charge is 0.410 e. The van der Waals surface area contributed by atoms with Crippen molar-refractivity contribution in [3.63, 3.8) is 0 Å². The van der Waals surface area contributed by atoms with Gasteiger partial charge < -0.3 is 28.8 Å². The molecular weight excluding hydrogens is 580 g/mol. The topological polar surface area (TPSA) is 162 Å². The first-order chi connectivity index (χ1) is 21.8. The zero-order chi connectivity index (χ0) is 31.7. The first-order valence-corrected chi connectivity index (χ1v) is 14.8. The summed E-state index contributed by atoms with van der Waals surface area (Å²) in [6.45, 7) is 3.29. The van der Waals surface area contributed by atoms with Crippen LogP contribution in [0.25, 0.3) is 22.3 Å². The van der Waals surface area contributed by atoms with E-state index in [4.69, 9.17) is 24.4 Å². The van der Waals surface area contributed by atoms with Gasteiger partial charge in [0.05, 0.1) is 19.0 Å². The fourth-order valence-corrected chi connectivity index (χ4v) is 6.34. The molecule has 0 unspecified atom stereocenters. The van der Waals surface area contributed by atoms with Crippen molar-refractivity contribution in [3.05, 3.63) is 77.8 Å². The normalized spacial score (nSPS) is 20.4. The number of carbonyl (C=O) groups excluding carboxylic acids is 3. The van der Waals surface area contributed by atoms with Gasteiger partial charge in [0.25, 0.3) is 0 Å². The first kappa shape index (κ1) is 30.0. The second-order valence-electron chi connectivity index (χ2n) is 11.0. The van der Waals surface area contributed by atoms with Crippen molar-refractivity contribution in [2.24, 2.45) is 0 Å². The van der Waals surface area contributed by atoms with Crippen LogP contribution in [0.3, 0.4) is 0 Å². The van der Waals surface area contributed by atoms with Crippen LogP contribution in [0.15, 0.2) is 61.2 Å². The lowest BCUT2D eigenvalue weighted by Gasteiger charge is -2.32. The third-order valence-electron chi connectivity index (χ3n) is 8.32. The number of ether oxygens (including phenoxy) is 4. The lowest BCUT2D eigenvalue weighted by atomic mass is 9.98. The number of benzene rings is 2. The number of nitrogens with zero attached hydrogens (tertiary/aromatic N) is 4. The Labute approximate surface area is 258 Å². The van der Waals surface area contributed by atoms with Gasteiger partial charge in [0.1, 0.15) is 24.5 Å². The minimum atomic E-state index is -1.06. The molecule has 45 heavy (non-hydrogen) atoms. The summed E-state index contributed by atoms with van der Waals surface area (Å²) in [7, 11) is 1.55. The largest absolute Gasteiger partial charge is 0.466 e. The predicted molar refractivity (Wildman–Crippen MR) is 160 cm³/mol. The lowest BCUT2D eigenvalue weighted by molar-refractivity contribution is -0.154. The van der Waals surface area contributed by atoms with Gasteiger partial charge in [-0.05, 0) is 35.6 Å². The van der Waals surface area contributed by atoms with Crippen LogP contribution >= 0.6 is 0 Å². The summed E-state index contributed by atoms with van der Waals surface area (Å²) in [5.74, 6) is -1.18. The Balaban J connectivity index is 1.29. The molecule has 4 aromatic rings. The van der Waals surface area contributed by atoms with Crippen molar-refractivity contribution < 1.29 is 33.3 Å². The van der Waals surface area contributed by atoms with E-state index in [2.05, 4.69) is 27.1 Å². The first-order valence-electron chi connectivity index (χ1n) is 14.8. The second kappa shape index (κ2) is 12.5. The maximum atomic E-state index is 13.7. The summed E-state index contributed by atoms with van der Waals surface area (Å²) in [4.78, 5) is 51.1. The third-order valence-corrected chi connectivity index (χ3v) is 8.32. The number of amides is 1. The molecule has 4 atom stereocenters. The fraction of sp³-hybridized carbons (Fsp3) is 0.375. The quantitative estimate of drug-likeness (QED) is 0.212. The number of esters is 2. The zero-order valence-electron chi connectivity index (χ0n) is 25.1. The van der Waals surface area contributed by atoms with Crippen LogP contribution in [-0.2, 0) is 28.5 Å². The van der Waals surface area contributed by atoms with E-state index in [0.717, 1.165) is 22.3 Å². The summed E-state index contributed by atoms with van der Waals surface area (Å²) < 4.78 is 24.6. The van der Waals surface area contributed by atoms with E-state index in [9.17, 15) is 14.4 Å². The zero-order valence-corrected chi connectivity index (χ0v) is 25.1. The van der Waals surface area contributed by atoms with E-state index in [0.29, 0.717) is 11.2 Å². The van der Waals surface area contributed by atoms with E-state index in [-0.39, 0.29) is 37.5 Å². The van der Waals surface area contributed by atoms with Gasteiger partial charge in [0.2, 0.25) is 0 Å². The van der Waals surface area contributed by atoms with Gasteiger partial charge in [-0.1, -0.05) is 48.5 Å². The van der Waals surface area contributed by atoms with Crippen molar-refractivity contribution >= 4 is 29.2 Å². The van der Waals surface area contributed by atoms with Crippen molar-refractivity contribution in [3.8, 4) is 11.1 Å². The number of hydrogen-bond acceptors (Lipinski definition) is 10. The molecular formula is C32H34N6O7. The molecule has 234 valence electrons. The number of fused-ring (bicyclic) bond motifs is 4. The number of carbonyl (C=O) groups is 3. The molecule has 2 aromatic carbocycles. The molecule has 13 nitrogen and oxygen atoms in total. The summed E-state index contributed by atoms with van der Waals surface area (Å²) >= 11 is 0. The fourth-order valence-electron chi connectivity index (χ4n) is 6.34. The molecule has 1 amide bonds. The number of rotatable bonds is 9. The Morgan fingerprint density at radius 2 is 1.73 bits per heavy atom. The van der Waals surface area contributed by atoms with Crippen LogP contribution in [0, 0.1) is 5.41 Å². The Morgan fingerprint density at radius 3 is 2.40 bits per heavy atom. The molecule has 0 saturated carbocycles. The number of nitrogens with one attached hydrogen (secondary N) is 2. The molecule has 0 spiro atoms. The highest BCUT2D eigenvalue weighted by molar-refractivity contribution is 5.79. The molecule has 2 aromatic heterocycles. The molecule has 6 rings (SSSR count). The SMILES string of the molecule is CCOC(=O)CC[C@H]1O[C@@H](n2cnc3nc[nH]c3c2=N)[C@H](OC(C)=O)[C@@H]1N(C)C(=O)OCC1c2ccccc2-c2ccccc21. The van der Waals surface area contributed by atoms with Gasteiger partial charge in [-0.3, -0.25) is 19.6 Å². The highest BCUT2D eigenvalue weighted by atomic mass is 16.6.